The van der Waals surface area contributed by atoms with Crippen molar-refractivity contribution in [3.05, 3.63) is 47.1 Å². The zero-order chi connectivity index (χ0) is 23.4. The third-order valence-corrected chi connectivity index (χ3v) is 7.26. The average molecular weight is 475 g/mol. The van der Waals surface area contributed by atoms with Crippen molar-refractivity contribution < 1.29 is 14.3 Å². The smallest absolute Gasteiger partial charge is 0.261 e. The van der Waals surface area contributed by atoms with Gasteiger partial charge in [-0.3, -0.25) is 14.9 Å². The quantitative estimate of drug-likeness (QED) is 0.438. The number of aromatic nitrogens is 3. The summed E-state index contributed by atoms with van der Waals surface area (Å²) in [7, 11) is 3.67. The van der Waals surface area contributed by atoms with Gasteiger partial charge in [0.1, 0.15) is 10.6 Å². The van der Waals surface area contributed by atoms with E-state index in [-0.39, 0.29) is 5.57 Å². The molecule has 9 nitrogen and oxygen atoms in total. The van der Waals surface area contributed by atoms with Gasteiger partial charge in [0, 0.05) is 48.7 Å². The highest BCUT2D eigenvalue weighted by atomic mass is 32.1. The first kappa shape index (κ1) is 20.8. The normalized spacial score (nSPS) is 17.3. The predicted molar refractivity (Wildman–Crippen MR) is 132 cm³/mol. The van der Waals surface area contributed by atoms with Gasteiger partial charge in [0.15, 0.2) is 0 Å². The minimum atomic E-state index is -0.461. The number of carbonyl (C=O) groups is 2. The number of aromatic amines is 1. The largest absolute Gasteiger partial charge is 0.497 e. The van der Waals surface area contributed by atoms with Crippen LogP contribution in [0.15, 0.2) is 35.8 Å². The van der Waals surface area contributed by atoms with Crippen molar-refractivity contribution in [2.45, 2.75) is 0 Å². The predicted octanol–water partition coefficient (Wildman–Crippen LogP) is 2.50. The van der Waals surface area contributed by atoms with E-state index in [4.69, 9.17) is 14.7 Å². The maximum absolute atomic E-state index is 13.2. The standard InChI is InChI=1S/C24H22N6O3S/c1-29-6-8-30(9-7-29)24-26-17-4-3-13(33-2)11-15(17)20(27-24)19-18(21(31)28-22(19)32)16-12-25-23-14(16)5-10-34-23/h3-5,10-12,25H,6-9H2,1-2H3,(H,28,31,32). The summed E-state index contributed by atoms with van der Waals surface area (Å²) in [5.74, 6) is 0.285. The Labute approximate surface area is 199 Å². The van der Waals surface area contributed by atoms with Crippen molar-refractivity contribution in [3.8, 4) is 5.75 Å². The molecule has 0 atom stereocenters. The summed E-state index contributed by atoms with van der Waals surface area (Å²) in [6, 6.07) is 7.46. The van der Waals surface area contributed by atoms with Crippen molar-refractivity contribution in [1.82, 2.24) is 25.2 Å². The summed E-state index contributed by atoms with van der Waals surface area (Å²) in [4.78, 5) is 44.4. The molecule has 3 aromatic heterocycles. The number of thiophene rings is 1. The minimum absolute atomic E-state index is 0.258. The Morgan fingerprint density at radius 1 is 1.00 bits per heavy atom. The Kier molecular flexibility index (Phi) is 4.85. The molecule has 1 saturated heterocycles. The second kappa shape index (κ2) is 7.93. The first-order valence-electron chi connectivity index (χ1n) is 11.0. The number of hydrogen-bond acceptors (Lipinski definition) is 8. The molecule has 2 aliphatic rings. The number of anilines is 1. The third-order valence-electron chi connectivity index (χ3n) is 6.42. The molecule has 0 unspecified atom stereocenters. The van der Waals surface area contributed by atoms with E-state index < -0.39 is 11.8 Å². The Morgan fingerprint density at radius 3 is 2.59 bits per heavy atom. The zero-order valence-electron chi connectivity index (χ0n) is 18.7. The Balaban J connectivity index is 1.62. The number of piperazine rings is 1. The second-order valence-electron chi connectivity index (χ2n) is 8.44. The van der Waals surface area contributed by atoms with E-state index in [0.29, 0.717) is 39.4 Å². The van der Waals surface area contributed by atoms with Crippen LogP contribution < -0.4 is 15.0 Å². The minimum Gasteiger partial charge on any atom is -0.497 e. The number of methoxy groups -OCH3 is 1. The summed E-state index contributed by atoms with van der Waals surface area (Å²) >= 11 is 1.55. The van der Waals surface area contributed by atoms with Gasteiger partial charge >= 0.3 is 0 Å². The molecule has 5 heterocycles. The lowest BCUT2D eigenvalue weighted by Crippen LogP contribution is -2.45. The maximum atomic E-state index is 13.2. The Hall–Kier alpha value is -3.76. The van der Waals surface area contributed by atoms with Gasteiger partial charge in [0.25, 0.3) is 11.8 Å². The number of carbonyl (C=O) groups excluding carboxylic acids is 2. The van der Waals surface area contributed by atoms with Crippen LogP contribution in [-0.2, 0) is 9.59 Å². The van der Waals surface area contributed by atoms with E-state index in [1.165, 1.54) is 0 Å². The van der Waals surface area contributed by atoms with Crippen LogP contribution in [0.5, 0.6) is 5.75 Å². The number of rotatable bonds is 4. The van der Waals surface area contributed by atoms with Crippen molar-refractivity contribution in [1.29, 1.82) is 0 Å². The van der Waals surface area contributed by atoms with E-state index in [1.807, 2.05) is 29.6 Å². The van der Waals surface area contributed by atoms with Gasteiger partial charge in [-0.25, -0.2) is 9.97 Å². The summed E-state index contributed by atoms with van der Waals surface area (Å²) in [6.07, 6.45) is 1.78. The van der Waals surface area contributed by atoms with Gasteiger partial charge < -0.3 is 19.5 Å². The molecule has 34 heavy (non-hydrogen) atoms. The van der Waals surface area contributed by atoms with Crippen molar-refractivity contribution in [3.63, 3.8) is 0 Å². The number of ether oxygens (including phenoxy) is 1. The molecular formula is C24H22N6O3S. The van der Waals surface area contributed by atoms with Gasteiger partial charge in [-0.1, -0.05) is 0 Å². The molecule has 2 aliphatic heterocycles. The fraction of sp³-hybridized carbons (Fsp3) is 0.250. The van der Waals surface area contributed by atoms with Gasteiger partial charge in [-0.2, -0.15) is 0 Å². The molecule has 6 rings (SSSR count). The topological polar surface area (TPSA) is 103 Å². The monoisotopic (exact) mass is 474 g/mol. The molecule has 0 bridgehead atoms. The lowest BCUT2D eigenvalue weighted by Gasteiger charge is -2.32. The fourth-order valence-electron chi connectivity index (χ4n) is 4.55. The maximum Gasteiger partial charge on any atom is 0.261 e. The highest BCUT2D eigenvalue weighted by Gasteiger charge is 2.36. The third kappa shape index (κ3) is 3.25. The van der Waals surface area contributed by atoms with Crippen LogP contribution in [0.25, 0.3) is 32.3 Å². The van der Waals surface area contributed by atoms with E-state index in [9.17, 15) is 9.59 Å². The molecular weight excluding hydrogens is 452 g/mol. The van der Waals surface area contributed by atoms with Crippen LogP contribution in [0.4, 0.5) is 5.95 Å². The first-order valence-corrected chi connectivity index (χ1v) is 11.9. The van der Waals surface area contributed by atoms with E-state index in [2.05, 4.69) is 27.1 Å². The van der Waals surface area contributed by atoms with Crippen LogP contribution in [-0.4, -0.2) is 72.0 Å². The molecule has 0 spiro atoms. The second-order valence-corrected chi connectivity index (χ2v) is 9.36. The molecule has 0 aliphatic carbocycles. The SMILES string of the molecule is COc1ccc2nc(N3CCN(C)CC3)nc(C3=C(c4c[nH]c5sccc45)C(=O)NC3=O)c2c1. The molecule has 1 fully saturated rings. The molecule has 1 aromatic carbocycles. The first-order chi connectivity index (χ1) is 16.5. The summed E-state index contributed by atoms with van der Waals surface area (Å²) in [5.41, 5.74) is 2.38. The number of nitrogens with one attached hydrogen (secondary N) is 2. The molecule has 2 amide bonds. The average Bonchev–Trinajstić information content (AvgIpc) is 3.53. The number of fused-ring (bicyclic) bond motifs is 2. The van der Waals surface area contributed by atoms with Crippen molar-refractivity contribution in [2.75, 3.05) is 45.2 Å². The van der Waals surface area contributed by atoms with Crippen molar-refractivity contribution in [2.24, 2.45) is 0 Å². The van der Waals surface area contributed by atoms with Gasteiger partial charge in [0.2, 0.25) is 5.95 Å². The zero-order valence-corrected chi connectivity index (χ0v) is 19.5. The molecule has 172 valence electrons. The fourth-order valence-corrected chi connectivity index (χ4v) is 5.33. The van der Waals surface area contributed by atoms with Crippen molar-refractivity contribution >= 4 is 61.4 Å². The van der Waals surface area contributed by atoms with Crippen LogP contribution in [0, 0.1) is 0 Å². The summed E-state index contributed by atoms with van der Waals surface area (Å²) < 4.78 is 5.43. The summed E-state index contributed by atoms with van der Waals surface area (Å²) in [6.45, 7) is 3.35. The number of H-pyrrole nitrogens is 1. The van der Waals surface area contributed by atoms with Gasteiger partial charge in [0.05, 0.1) is 29.5 Å². The molecule has 2 N–H and O–H groups in total. The Bertz CT molecular complexity index is 1500. The van der Waals surface area contributed by atoms with Crippen LogP contribution in [0.2, 0.25) is 0 Å². The number of hydrogen-bond donors (Lipinski definition) is 2. The highest BCUT2D eigenvalue weighted by molar-refractivity contribution is 7.16. The van der Waals surface area contributed by atoms with Gasteiger partial charge in [-0.15, -0.1) is 11.3 Å². The summed E-state index contributed by atoms with van der Waals surface area (Å²) in [5, 5.41) is 6.00. The molecule has 0 radical (unpaired) electrons. The van der Waals surface area contributed by atoms with Crippen LogP contribution in [0.3, 0.4) is 0 Å². The number of imide groups is 1. The highest BCUT2D eigenvalue weighted by Crippen LogP contribution is 2.38. The molecule has 10 heteroatoms. The van der Waals surface area contributed by atoms with E-state index >= 15 is 0 Å². The number of nitrogens with zero attached hydrogens (tertiary/aromatic N) is 4. The lowest BCUT2D eigenvalue weighted by molar-refractivity contribution is -0.122. The number of amides is 2. The molecule has 0 saturated carbocycles. The molecule has 4 aromatic rings. The van der Waals surface area contributed by atoms with Crippen LogP contribution >= 0.6 is 11.3 Å². The number of benzene rings is 1. The van der Waals surface area contributed by atoms with Gasteiger partial charge in [-0.05, 0) is 36.7 Å². The number of likely N-dealkylation sites (N-methyl/N-ethyl adjacent to an activating group) is 1. The Morgan fingerprint density at radius 2 is 1.79 bits per heavy atom. The van der Waals surface area contributed by atoms with Crippen LogP contribution in [0.1, 0.15) is 11.3 Å². The van der Waals surface area contributed by atoms with E-state index in [0.717, 1.165) is 36.4 Å². The van der Waals surface area contributed by atoms with E-state index in [1.54, 1.807) is 24.6 Å². The lowest BCUT2D eigenvalue weighted by atomic mass is 9.97.